The Bertz CT molecular complexity index is 1450. The third-order valence-electron chi connectivity index (χ3n) is 5.65. The molecule has 0 aliphatic rings. The second kappa shape index (κ2) is 8.35. The van der Waals surface area contributed by atoms with Crippen LogP contribution in [0.1, 0.15) is 27.4 Å². The van der Waals surface area contributed by atoms with Gasteiger partial charge in [0.1, 0.15) is 11.6 Å². The van der Waals surface area contributed by atoms with Gasteiger partial charge in [-0.3, -0.25) is 9.36 Å². The summed E-state index contributed by atoms with van der Waals surface area (Å²) in [6.07, 6.45) is 3.63. The molecule has 0 radical (unpaired) electrons. The molecule has 2 heterocycles. The fraction of sp³-hybridized carbons (Fsp3) is 0.115. The maximum Gasteiger partial charge on any atom is 0.255 e. The second-order valence-electron chi connectivity index (χ2n) is 7.99. The van der Waals surface area contributed by atoms with Crippen LogP contribution in [0.4, 0.5) is 10.1 Å². The molecule has 7 heteroatoms. The van der Waals surface area contributed by atoms with E-state index in [0.717, 1.165) is 46.0 Å². The number of hydrogen-bond acceptors (Lipinski definition) is 3. The fourth-order valence-corrected chi connectivity index (χ4v) is 3.90. The van der Waals surface area contributed by atoms with E-state index in [2.05, 4.69) is 19.9 Å². The van der Waals surface area contributed by atoms with Gasteiger partial charge in [0.25, 0.3) is 5.91 Å². The average Bonchev–Trinajstić information content (AvgIpc) is 3.37. The molecule has 0 saturated heterocycles. The monoisotopic (exact) mass is 439 g/mol. The van der Waals surface area contributed by atoms with E-state index in [0.29, 0.717) is 5.56 Å². The molecule has 0 atom stereocenters. The summed E-state index contributed by atoms with van der Waals surface area (Å²) in [5.41, 5.74) is 5.80. The summed E-state index contributed by atoms with van der Waals surface area (Å²) in [6, 6.07) is 19.4. The molecule has 0 saturated carbocycles. The van der Waals surface area contributed by atoms with E-state index >= 15 is 0 Å². The Morgan fingerprint density at radius 1 is 1.00 bits per heavy atom. The molecule has 164 valence electrons. The SMILES string of the molecule is Cc1cncn1Cc1ccc(NC(=O)c2ccc3nc(C)n(-c4ccc(F)cc4)c3c2)cc1. The van der Waals surface area contributed by atoms with Gasteiger partial charge in [-0.2, -0.15) is 0 Å². The summed E-state index contributed by atoms with van der Waals surface area (Å²) in [5.74, 6) is 0.254. The summed E-state index contributed by atoms with van der Waals surface area (Å²) < 4.78 is 17.4. The van der Waals surface area contributed by atoms with E-state index in [1.54, 1.807) is 24.5 Å². The zero-order valence-corrected chi connectivity index (χ0v) is 18.3. The minimum absolute atomic E-state index is 0.209. The molecule has 0 fully saturated rings. The number of nitrogens with one attached hydrogen (secondary N) is 1. The maximum absolute atomic E-state index is 13.4. The second-order valence-corrected chi connectivity index (χ2v) is 7.99. The molecular weight excluding hydrogens is 417 g/mol. The molecule has 1 amide bonds. The summed E-state index contributed by atoms with van der Waals surface area (Å²) in [4.78, 5) is 21.7. The van der Waals surface area contributed by atoms with Crippen LogP contribution < -0.4 is 5.32 Å². The molecule has 3 aromatic carbocycles. The van der Waals surface area contributed by atoms with E-state index in [1.165, 1.54) is 12.1 Å². The highest BCUT2D eigenvalue weighted by molar-refractivity contribution is 6.06. The summed E-state index contributed by atoms with van der Waals surface area (Å²) >= 11 is 0. The van der Waals surface area contributed by atoms with Gasteiger partial charge < -0.3 is 9.88 Å². The van der Waals surface area contributed by atoms with E-state index in [1.807, 2.05) is 61.0 Å². The highest BCUT2D eigenvalue weighted by Gasteiger charge is 2.13. The Morgan fingerprint density at radius 2 is 1.76 bits per heavy atom. The third kappa shape index (κ3) is 4.13. The number of aryl methyl sites for hydroxylation is 2. The van der Waals surface area contributed by atoms with E-state index in [-0.39, 0.29) is 11.7 Å². The van der Waals surface area contributed by atoms with Crippen LogP contribution >= 0.6 is 0 Å². The van der Waals surface area contributed by atoms with Crippen LogP contribution in [0, 0.1) is 19.7 Å². The Morgan fingerprint density at radius 3 is 2.45 bits per heavy atom. The molecule has 5 rings (SSSR count). The molecule has 5 aromatic rings. The number of benzene rings is 3. The fourth-order valence-electron chi connectivity index (χ4n) is 3.90. The molecule has 0 aliphatic carbocycles. The van der Waals surface area contributed by atoms with Crippen LogP contribution in [0.2, 0.25) is 0 Å². The number of rotatable bonds is 5. The van der Waals surface area contributed by atoms with Gasteiger partial charge in [-0.15, -0.1) is 0 Å². The molecule has 0 bridgehead atoms. The molecular formula is C26H22FN5O. The molecule has 6 nitrogen and oxygen atoms in total. The number of nitrogens with zero attached hydrogens (tertiary/aromatic N) is 4. The minimum Gasteiger partial charge on any atom is -0.330 e. The van der Waals surface area contributed by atoms with Gasteiger partial charge in [0.05, 0.1) is 17.4 Å². The quantitative estimate of drug-likeness (QED) is 0.405. The van der Waals surface area contributed by atoms with Crippen molar-refractivity contribution in [1.82, 2.24) is 19.1 Å². The molecule has 0 unspecified atom stereocenters. The summed E-state index contributed by atoms with van der Waals surface area (Å²) in [6.45, 7) is 4.63. The number of imidazole rings is 2. The zero-order valence-electron chi connectivity index (χ0n) is 18.3. The highest BCUT2D eigenvalue weighted by atomic mass is 19.1. The molecule has 2 aromatic heterocycles. The van der Waals surface area contributed by atoms with Crippen molar-refractivity contribution in [3.05, 3.63) is 108 Å². The maximum atomic E-state index is 13.4. The average molecular weight is 439 g/mol. The third-order valence-corrected chi connectivity index (χ3v) is 5.65. The van der Waals surface area contributed by atoms with Crippen LogP contribution in [0.25, 0.3) is 16.7 Å². The smallest absolute Gasteiger partial charge is 0.255 e. The molecule has 0 spiro atoms. The van der Waals surface area contributed by atoms with Gasteiger partial charge in [-0.1, -0.05) is 12.1 Å². The first-order chi connectivity index (χ1) is 16.0. The number of hydrogen-bond donors (Lipinski definition) is 1. The highest BCUT2D eigenvalue weighted by Crippen LogP contribution is 2.23. The normalized spacial score (nSPS) is 11.1. The Balaban J connectivity index is 1.38. The number of halogens is 1. The van der Waals surface area contributed by atoms with Crippen LogP contribution in [0.15, 0.2) is 79.3 Å². The first kappa shape index (κ1) is 20.6. The van der Waals surface area contributed by atoms with Crippen molar-refractivity contribution >= 4 is 22.6 Å². The van der Waals surface area contributed by atoms with Crippen molar-refractivity contribution in [2.75, 3.05) is 5.32 Å². The first-order valence-corrected chi connectivity index (χ1v) is 10.6. The standard InChI is InChI=1S/C26H22FN5O/c1-17-14-28-16-31(17)15-19-3-8-22(9-4-19)30-26(33)20-5-12-24-25(13-20)32(18(2)29-24)23-10-6-21(27)7-11-23/h3-14,16H,15H2,1-2H3,(H,30,33). The number of carbonyl (C=O) groups excluding carboxylic acids is 1. The van der Waals surface area contributed by atoms with Gasteiger partial charge in [-0.05, 0) is 74.0 Å². The number of aromatic nitrogens is 4. The van der Waals surface area contributed by atoms with E-state index < -0.39 is 0 Å². The summed E-state index contributed by atoms with van der Waals surface area (Å²) in [7, 11) is 0. The van der Waals surface area contributed by atoms with Crippen LogP contribution in [-0.4, -0.2) is 25.0 Å². The van der Waals surface area contributed by atoms with Gasteiger partial charge in [0.2, 0.25) is 0 Å². The number of fused-ring (bicyclic) bond motifs is 1. The van der Waals surface area contributed by atoms with Gasteiger partial charge in [0, 0.05) is 35.4 Å². The lowest BCUT2D eigenvalue weighted by Gasteiger charge is -2.10. The van der Waals surface area contributed by atoms with Crippen molar-refractivity contribution in [2.45, 2.75) is 20.4 Å². The minimum atomic E-state index is -0.299. The molecule has 0 aliphatic heterocycles. The van der Waals surface area contributed by atoms with Crippen molar-refractivity contribution in [3.63, 3.8) is 0 Å². The van der Waals surface area contributed by atoms with Crippen LogP contribution in [0.3, 0.4) is 0 Å². The molecule has 1 N–H and O–H groups in total. The van der Waals surface area contributed by atoms with Crippen molar-refractivity contribution in [2.24, 2.45) is 0 Å². The van der Waals surface area contributed by atoms with E-state index in [4.69, 9.17) is 0 Å². The number of anilines is 1. The topological polar surface area (TPSA) is 64.7 Å². The van der Waals surface area contributed by atoms with Gasteiger partial charge >= 0.3 is 0 Å². The largest absolute Gasteiger partial charge is 0.330 e. The predicted molar refractivity (Wildman–Crippen MR) is 126 cm³/mol. The van der Waals surface area contributed by atoms with Crippen molar-refractivity contribution in [1.29, 1.82) is 0 Å². The van der Waals surface area contributed by atoms with Gasteiger partial charge in [0.15, 0.2) is 0 Å². The lowest BCUT2D eigenvalue weighted by atomic mass is 10.1. The number of carbonyl (C=O) groups is 1. The first-order valence-electron chi connectivity index (χ1n) is 10.6. The predicted octanol–water partition coefficient (Wildman–Crippen LogP) is 5.28. The lowest BCUT2D eigenvalue weighted by Crippen LogP contribution is -2.12. The van der Waals surface area contributed by atoms with Crippen molar-refractivity contribution < 1.29 is 9.18 Å². The lowest BCUT2D eigenvalue weighted by molar-refractivity contribution is 0.102. The number of amides is 1. The van der Waals surface area contributed by atoms with Gasteiger partial charge in [-0.25, -0.2) is 14.4 Å². The Kier molecular flexibility index (Phi) is 5.22. The van der Waals surface area contributed by atoms with Crippen LogP contribution in [-0.2, 0) is 6.54 Å². The Labute approximate surface area is 190 Å². The molecule has 33 heavy (non-hydrogen) atoms. The summed E-state index contributed by atoms with van der Waals surface area (Å²) in [5, 5.41) is 2.96. The van der Waals surface area contributed by atoms with Crippen molar-refractivity contribution in [3.8, 4) is 5.69 Å². The zero-order chi connectivity index (χ0) is 22.9. The van der Waals surface area contributed by atoms with E-state index in [9.17, 15) is 9.18 Å². The Hall–Kier alpha value is -4.26. The van der Waals surface area contributed by atoms with Crippen LogP contribution in [0.5, 0.6) is 0 Å².